The first-order valence-corrected chi connectivity index (χ1v) is 12.7. The molecule has 17 heteroatoms. The minimum atomic E-state index is -5.08. The van der Waals surface area contributed by atoms with E-state index in [1.807, 2.05) is 12.2 Å². The molecule has 2 aliphatic heterocycles. The zero-order valence-electron chi connectivity index (χ0n) is 21.3. The standard InChI is InChI=1S/C22H26N4O8.C2HF3O2/c23-5-3-11(27)33-7-25-19(29)15-9-1-2-10(16(15)20(25)30)14-13(9)17-18(14)22(32)26(21(17)31)8-34-12(28)4-6-24;3-2(4,5)1(6)7/h1-2,9-10,13-18H,3-8,23-24H2;(H,6,7). The van der Waals surface area contributed by atoms with Crippen molar-refractivity contribution in [1.82, 2.24) is 9.80 Å². The third kappa shape index (κ3) is 5.07. The number of carbonyl (C=O) groups is 7. The summed E-state index contributed by atoms with van der Waals surface area (Å²) in [4.78, 5) is 86.6. The normalized spacial score (nSPS) is 32.5. The maximum absolute atomic E-state index is 13.2. The largest absolute Gasteiger partial charge is 0.490 e. The molecule has 0 aromatic rings. The van der Waals surface area contributed by atoms with Gasteiger partial charge < -0.3 is 26.0 Å². The van der Waals surface area contributed by atoms with Crippen molar-refractivity contribution in [3.05, 3.63) is 12.2 Å². The number of esters is 2. The summed E-state index contributed by atoms with van der Waals surface area (Å²) in [6.07, 6.45) is -1.38. The number of imide groups is 2. The van der Waals surface area contributed by atoms with Gasteiger partial charge in [-0.2, -0.15) is 13.2 Å². The molecule has 2 bridgehead atoms. The number of fused-ring (bicyclic) bond motifs is 1. The lowest BCUT2D eigenvalue weighted by Gasteiger charge is -2.60. The third-order valence-corrected chi connectivity index (χ3v) is 8.17. The van der Waals surface area contributed by atoms with Gasteiger partial charge in [-0.15, -0.1) is 0 Å². The van der Waals surface area contributed by atoms with Crippen molar-refractivity contribution >= 4 is 41.5 Å². The highest BCUT2D eigenvalue weighted by Crippen LogP contribution is 2.68. The predicted molar refractivity (Wildman–Crippen MR) is 124 cm³/mol. The van der Waals surface area contributed by atoms with Crippen LogP contribution in [-0.4, -0.2) is 89.2 Å². The molecule has 4 fully saturated rings. The summed E-state index contributed by atoms with van der Waals surface area (Å²) < 4.78 is 41.8. The molecular weight excluding hydrogens is 561 g/mol. The first kappa shape index (κ1) is 30.1. The number of nitrogens with zero attached hydrogens (tertiary/aromatic N) is 2. The fourth-order valence-electron chi connectivity index (χ4n) is 6.63. The van der Waals surface area contributed by atoms with Crippen molar-refractivity contribution < 1.29 is 61.3 Å². The number of aliphatic carboxylic acids is 1. The number of likely N-dealkylation sites (tertiary alicyclic amines) is 2. The van der Waals surface area contributed by atoms with Crippen molar-refractivity contribution in [2.24, 2.45) is 58.8 Å². The minimum Gasteiger partial charge on any atom is -0.475 e. The van der Waals surface area contributed by atoms with Crippen LogP contribution >= 0.6 is 0 Å². The Labute approximate surface area is 229 Å². The highest BCUT2D eigenvalue weighted by molar-refractivity contribution is 6.09. The monoisotopic (exact) mass is 588 g/mol. The number of alkyl halides is 3. The van der Waals surface area contributed by atoms with E-state index in [0.717, 1.165) is 9.80 Å². The van der Waals surface area contributed by atoms with Crippen LogP contribution in [0.2, 0.25) is 0 Å². The molecule has 4 aliphatic carbocycles. The molecule has 41 heavy (non-hydrogen) atoms. The van der Waals surface area contributed by atoms with Gasteiger partial charge >= 0.3 is 24.1 Å². The SMILES string of the molecule is NCCC(=O)OCN1C(=O)C2C3C=CC(C2C1=O)C1C2C(=O)N(COC(=O)CCN)C(=O)C2C31.O=C(O)C(F)(F)F. The van der Waals surface area contributed by atoms with E-state index in [4.69, 9.17) is 30.8 Å². The Hall–Kier alpha value is -3.86. The summed E-state index contributed by atoms with van der Waals surface area (Å²) in [5, 5.41) is 7.12. The second-order valence-corrected chi connectivity index (χ2v) is 10.2. The number of ether oxygens (including phenoxy) is 2. The van der Waals surface area contributed by atoms with Gasteiger partial charge in [0.1, 0.15) is 0 Å². The summed E-state index contributed by atoms with van der Waals surface area (Å²) in [7, 11) is 0. The van der Waals surface area contributed by atoms with Gasteiger partial charge in [0, 0.05) is 13.1 Å². The van der Waals surface area contributed by atoms with Crippen molar-refractivity contribution in [3.63, 3.8) is 0 Å². The molecule has 0 spiro atoms. The molecule has 5 N–H and O–H groups in total. The molecule has 2 saturated carbocycles. The molecular formula is C24H27F3N4O10. The Bertz CT molecular complexity index is 1150. The van der Waals surface area contributed by atoms with Gasteiger partial charge in [-0.1, -0.05) is 12.2 Å². The first-order valence-electron chi connectivity index (χ1n) is 12.7. The Morgan fingerprint density at radius 2 is 1.05 bits per heavy atom. The van der Waals surface area contributed by atoms with Gasteiger partial charge in [0.15, 0.2) is 13.5 Å². The summed E-state index contributed by atoms with van der Waals surface area (Å²) in [6, 6.07) is 0. The van der Waals surface area contributed by atoms with Crippen LogP contribution in [0.25, 0.3) is 0 Å². The van der Waals surface area contributed by atoms with E-state index >= 15 is 0 Å². The topological polar surface area (TPSA) is 217 Å². The van der Waals surface area contributed by atoms with E-state index in [-0.39, 0.29) is 49.6 Å². The van der Waals surface area contributed by atoms with E-state index in [1.165, 1.54) is 0 Å². The fraction of sp³-hybridized carbons (Fsp3) is 0.625. The lowest BCUT2D eigenvalue weighted by atomic mass is 9.40. The number of carboxylic acids is 1. The molecule has 8 unspecified atom stereocenters. The molecule has 224 valence electrons. The predicted octanol–water partition coefficient (Wildman–Crippen LogP) is -1.42. The number of amides is 4. The molecule has 0 radical (unpaired) electrons. The lowest BCUT2D eigenvalue weighted by molar-refractivity contribution is -0.192. The van der Waals surface area contributed by atoms with Crippen molar-refractivity contribution in [1.29, 1.82) is 0 Å². The summed E-state index contributed by atoms with van der Waals surface area (Å²) in [5.74, 6) is -9.43. The van der Waals surface area contributed by atoms with Crippen LogP contribution in [0, 0.1) is 47.3 Å². The third-order valence-electron chi connectivity index (χ3n) is 8.17. The number of allylic oxidation sites excluding steroid dienone is 2. The zero-order valence-corrected chi connectivity index (χ0v) is 21.3. The van der Waals surface area contributed by atoms with E-state index in [9.17, 15) is 41.9 Å². The molecule has 4 amide bonds. The fourth-order valence-corrected chi connectivity index (χ4v) is 6.63. The number of hydrogen-bond donors (Lipinski definition) is 3. The van der Waals surface area contributed by atoms with Crippen LogP contribution in [-0.2, 0) is 43.0 Å². The molecule has 6 aliphatic rings. The van der Waals surface area contributed by atoms with Crippen LogP contribution in [0.3, 0.4) is 0 Å². The highest BCUT2D eigenvalue weighted by Gasteiger charge is 2.75. The zero-order chi connectivity index (χ0) is 30.4. The van der Waals surface area contributed by atoms with Crippen molar-refractivity contribution in [2.45, 2.75) is 19.0 Å². The maximum Gasteiger partial charge on any atom is 0.490 e. The van der Waals surface area contributed by atoms with E-state index < -0.39 is 84.8 Å². The smallest absolute Gasteiger partial charge is 0.475 e. The van der Waals surface area contributed by atoms with Crippen LogP contribution in [0.1, 0.15) is 12.8 Å². The molecule has 0 aromatic heterocycles. The van der Waals surface area contributed by atoms with Crippen LogP contribution in [0.15, 0.2) is 12.2 Å². The van der Waals surface area contributed by atoms with Gasteiger partial charge in [0.25, 0.3) is 0 Å². The van der Waals surface area contributed by atoms with Gasteiger partial charge in [-0.05, 0) is 23.7 Å². The summed E-state index contributed by atoms with van der Waals surface area (Å²) in [5.41, 5.74) is 10.6. The molecule has 2 saturated heterocycles. The second kappa shape index (κ2) is 11.2. The molecule has 0 aromatic carbocycles. The van der Waals surface area contributed by atoms with Crippen LogP contribution in [0.5, 0.6) is 0 Å². The number of rotatable bonds is 8. The minimum absolute atomic E-state index is 0.0198. The van der Waals surface area contributed by atoms with Gasteiger partial charge in [0.2, 0.25) is 23.6 Å². The van der Waals surface area contributed by atoms with E-state index in [0.29, 0.717) is 0 Å². The van der Waals surface area contributed by atoms with E-state index in [2.05, 4.69) is 0 Å². The maximum atomic E-state index is 13.2. The average Bonchev–Trinajstić information content (AvgIpc) is 3.25. The summed E-state index contributed by atoms with van der Waals surface area (Å²) >= 11 is 0. The Balaban J connectivity index is 0.000000493. The van der Waals surface area contributed by atoms with E-state index in [1.54, 1.807) is 0 Å². The van der Waals surface area contributed by atoms with Gasteiger partial charge in [-0.3, -0.25) is 28.8 Å². The second-order valence-electron chi connectivity index (χ2n) is 10.2. The number of hydrogen-bond acceptors (Lipinski definition) is 11. The first-order chi connectivity index (χ1) is 19.3. The van der Waals surface area contributed by atoms with Crippen LogP contribution in [0.4, 0.5) is 13.2 Å². The number of carboxylic acid groups (broad SMARTS) is 1. The Kier molecular flexibility index (Phi) is 8.22. The number of halogens is 3. The van der Waals surface area contributed by atoms with Crippen molar-refractivity contribution in [3.8, 4) is 0 Å². The van der Waals surface area contributed by atoms with Crippen molar-refractivity contribution in [2.75, 3.05) is 26.6 Å². The lowest BCUT2D eigenvalue weighted by Crippen LogP contribution is -2.63. The highest BCUT2D eigenvalue weighted by atomic mass is 19.4. The Morgan fingerprint density at radius 3 is 1.34 bits per heavy atom. The molecule has 14 nitrogen and oxygen atoms in total. The number of nitrogens with two attached hydrogens (primary N) is 2. The molecule has 2 heterocycles. The van der Waals surface area contributed by atoms with Crippen LogP contribution < -0.4 is 11.5 Å². The molecule has 8 atom stereocenters. The quantitative estimate of drug-likeness (QED) is 0.169. The average molecular weight is 588 g/mol. The number of carbonyl (C=O) groups excluding carboxylic acids is 6. The summed E-state index contributed by atoms with van der Waals surface area (Å²) in [6.45, 7) is -0.736. The molecule has 6 rings (SSSR count). The van der Waals surface area contributed by atoms with Gasteiger partial charge in [-0.25, -0.2) is 14.6 Å². The van der Waals surface area contributed by atoms with Gasteiger partial charge in [0.05, 0.1) is 36.5 Å². The Morgan fingerprint density at radius 1 is 0.732 bits per heavy atom.